The van der Waals surface area contributed by atoms with Crippen molar-refractivity contribution < 1.29 is 13.2 Å². The lowest BCUT2D eigenvalue weighted by Gasteiger charge is -2.32. The van der Waals surface area contributed by atoms with Gasteiger partial charge in [-0.2, -0.15) is 23.4 Å². The van der Waals surface area contributed by atoms with Crippen molar-refractivity contribution in [3.05, 3.63) is 40.8 Å². The molecule has 10 heteroatoms. The third-order valence-corrected chi connectivity index (χ3v) is 5.23. The van der Waals surface area contributed by atoms with E-state index in [1.165, 1.54) is 6.20 Å². The Hall–Kier alpha value is -2.62. The number of hydrogen-bond acceptors (Lipinski definition) is 4. The summed E-state index contributed by atoms with van der Waals surface area (Å²) in [6.07, 6.45) is -2.27. The number of H-pyrrole nitrogens is 1. The van der Waals surface area contributed by atoms with Gasteiger partial charge in [-0.05, 0) is 43.6 Å². The van der Waals surface area contributed by atoms with Gasteiger partial charge in [-0.25, -0.2) is 4.68 Å². The fourth-order valence-electron chi connectivity index (χ4n) is 3.63. The molecule has 0 unspecified atom stereocenters. The minimum atomic E-state index is -4.38. The molecule has 148 valence electrons. The topological polar surface area (TPSA) is 63.5 Å². The van der Waals surface area contributed by atoms with Crippen molar-refractivity contribution in [3.63, 3.8) is 0 Å². The maximum Gasteiger partial charge on any atom is 0.410 e. The van der Waals surface area contributed by atoms with Crippen LogP contribution in [0.4, 0.5) is 19.0 Å². The first kappa shape index (κ1) is 18.7. The molecule has 0 saturated carbocycles. The highest BCUT2D eigenvalue weighted by atomic mass is 32.1. The molecule has 1 aromatic carbocycles. The van der Waals surface area contributed by atoms with Gasteiger partial charge < -0.3 is 5.32 Å². The normalized spacial score (nSPS) is 19.3. The average Bonchev–Trinajstić information content (AvgIpc) is 3.23. The Balaban J connectivity index is 1.90. The molecule has 4 rings (SSSR count). The van der Waals surface area contributed by atoms with E-state index in [9.17, 15) is 13.2 Å². The van der Waals surface area contributed by atoms with E-state index in [1.807, 2.05) is 31.2 Å². The molecular weight excluding hydrogens is 389 g/mol. The quantitative estimate of drug-likeness (QED) is 0.619. The molecule has 0 fully saturated rings. The summed E-state index contributed by atoms with van der Waals surface area (Å²) < 4.78 is 43.7. The van der Waals surface area contributed by atoms with Crippen molar-refractivity contribution in [2.24, 2.45) is 0 Å². The first-order valence-corrected chi connectivity index (χ1v) is 9.39. The van der Waals surface area contributed by atoms with Crippen molar-refractivity contribution >= 4 is 18.0 Å². The summed E-state index contributed by atoms with van der Waals surface area (Å²) in [7, 11) is 0. The van der Waals surface area contributed by atoms with Crippen LogP contribution in [0, 0.1) is 4.77 Å². The Morgan fingerprint density at radius 1 is 1.29 bits per heavy atom. The van der Waals surface area contributed by atoms with E-state index in [-0.39, 0.29) is 12.5 Å². The number of anilines is 1. The number of aryl methyl sites for hydroxylation is 1. The number of aromatic nitrogens is 5. The summed E-state index contributed by atoms with van der Waals surface area (Å²) in [6, 6.07) is 5.70. The number of hydrogen-bond donors (Lipinski definition) is 2. The molecule has 1 aliphatic rings. The van der Waals surface area contributed by atoms with Crippen LogP contribution in [0.5, 0.6) is 0 Å². The van der Waals surface area contributed by atoms with Gasteiger partial charge in [-0.1, -0.05) is 25.1 Å². The van der Waals surface area contributed by atoms with E-state index in [1.54, 1.807) is 11.5 Å². The second-order valence-corrected chi connectivity index (χ2v) is 7.25. The van der Waals surface area contributed by atoms with Crippen molar-refractivity contribution in [3.8, 4) is 17.1 Å². The number of para-hydroxylation sites is 1. The summed E-state index contributed by atoms with van der Waals surface area (Å²) in [5.41, 5.74) is 2.37. The van der Waals surface area contributed by atoms with Gasteiger partial charge in [-0.3, -0.25) is 9.67 Å². The first-order valence-electron chi connectivity index (χ1n) is 8.98. The molecule has 0 spiro atoms. The Morgan fingerprint density at radius 2 is 2.04 bits per heavy atom. The molecule has 0 bridgehead atoms. The summed E-state index contributed by atoms with van der Waals surface area (Å²) in [4.78, 5) is 0. The van der Waals surface area contributed by atoms with E-state index in [0.29, 0.717) is 22.0 Å². The van der Waals surface area contributed by atoms with Gasteiger partial charge in [0.1, 0.15) is 5.82 Å². The number of nitrogens with one attached hydrogen (secondary N) is 2. The fourth-order valence-corrected chi connectivity index (χ4v) is 3.86. The van der Waals surface area contributed by atoms with Gasteiger partial charge in [-0.15, -0.1) is 0 Å². The summed E-state index contributed by atoms with van der Waals surface area (Å²) in [5, 5.41) is 14.2. The van der Waals surface area contributed by atoms with Crippen molar-refractivity contribution in [2.45, 2.75) is 44.9 Å². The second-order valence-electron chi connectivity index (χ2n) is 6.86. The minimum Gasteiger partial charge on any atom is -0.367 e. The molecule has 2 atom stereocenters. The largest absolute Gasteiger partial charge is 0.410 e. The van der Waals surface area contributed by atoms with Crippen molar-refractivity contribution in [2.75, 3.05) is 5.32 Å². The molecule has 6 nitrogen and oxygen atoms in total. The van der Waals surface area contributed by atoms with Gasteiger partial charge in [0.15, 0.2) is 16.6 Å². The number of aromatic amines is 1. The van der Waals surface area contributed by atoms with E-state index in [0.717, 1.165) is 22.4 Å². The Labute approximate surface area is 164 Å². The maximum absolute atomic E-state index is 13.5. The van der Waals surface area contributed by atoms with Gasteiger partial charge in [0.05, 0.1) is 17.4 Å². The van der Waals surface area contributed by atoms with Crippen LogP contribution in [0.25, 0.3) is 17.1 Å². The standard InChI is InChI=1S/C18H19F3N6S/c1-3-11-6-4-5-7-13(11)26-16(24-25-17(26)28)12-9-22-27-14(18(19,20)21)8-10(2)23-15(12)27/h4-7,9-10,14,23H,3,8H2,1-2H3,(H,25,28)/t10-,14+/m1/s1. The lowest BCUT2D eigenvalue weighted by Crippen LogP contribution is -2.38. The lowest BCUT2D eigenvalue weighted by molar-refractivity contribution is -0.173. The van der Waals surface area contributed by atoms with E-state index in [2.05, 4.69) is 20.6 Å². The van der Waals surface area contributed by atoms with Crippen molar-refractivity contribution in [1.82, 2.24) is 24.5 Å². The minimum absolute atomic E-state index is 0.0802. The molecule has 1 aliphatic heterocycles. The number of alkyl halides is 3. The molecule has 0 radical (unpaired) electrons. The molecule has 2 aromatic heterocycles. The predicted octanol–water partition coefficient (Wildman–Crippen LogP) is 4.66. The molecule has 3 heterocycles. The number of nitrogens with zero attached hydrogens (tertiary/aromatic N) is 4. The maximum atomic E-state index is 13.5. The van der Waals surface area contributed by atoms with Gasteiger partial charge >= 0.3 is 6.18 Å². The molecule has 3 aromatic rings. The zero-order chi connectivity index (χ0) is 20.1. The number of benzene rings is 1. The van der Waals surface area contributed by atoms with E-state index in [4.69, 9.17) is 12.2 Å². The Morgan fingerprint density at radius 3 is 2.75 bits per heavy atom. The summed E-state index contributed by atoms with van der Waals surface area (Å²) in [5.74, 6) is 0.722. The predicted molar refractivity (Wildman–Crippen MR) is 102 cm³/mol. The fraction of sp³-hybridized carbons (Fsp3) is 0.389. The van der Waals surface area contributed by atoms with Crippen LogP contribution in [-0.2, 0) is 6.42 Å². The molecular formula is C18H19F3N6S. The molecule has 0 amide bonds. The first-order chi connectivity index (χ1) is 13.3. The van der Waals surface area contributed by atoms with E-state index < -0.39 is 12.2 Å². The molecule has 28 heavy (non-hydrogen) atoms. The SMILES string of the molecule is CCc1ccccc1-n1c(-c2cnn3c2N[C@H](C)C[C@H]3C(F)(F)F)n[nH]c1=S. The highest BCUT2D eigenvalue weighted by molar-refractivity contribution is 7.71. The van der Waals surface area contributed by atoms with Gasteiger partial charge in [0.2, 0.25) is 0 Å². The molecule has 0 saturated heterocycles. The zero-order valence-electron chi connectivity index (χ0n) is 15.3. The van der Waals surface area contributed by atoms with Gasteiger partial charge in [0.25, 0.3) is 0 Å². The Kier molecular flexibility index (Phi) is 4.53. The van der Waals surface area contributed by atoms with Crippen LogP contribution in [0.15, 0.2) is 30.5 Å². The van der Waals surface area contributed by atoms with Crippen LogP contribution in [-0.4, -0.2) is 36.8 Å². The average molecular weight is 408 g/mol. The zero-order valence-corrected chi connectivity index (χ0v) is 16.1. The smallest absolute Gasteiger partial charge is 0.367 e. The van der Waals surface area contributed by atoms with Crippen LogP contribution >= 0.6 is 12.2 Å². The third kappa shape index (κ3) is 3.01. The van der Waals surface area contributed by atoms with Gasteiger partial charge in [0, 0.05) is 6.04 Å². The van der Waals surface area contributed by atoms with Crippen LogP contribution < -0.4 is 5.32 Å². The van der Waals surface area contributed by atoms with Crippen molar-refractivity contribution in [1.29, 1.82) is 0 Å². The van der Waals surface area contributed by atoms with E-state index >= 15 is 0 Å². The lowest BCUT2D eigenvalue weighted by atomic mass is 10.0. The highest BCUT2D eigenvalue weighted by Crippen LogP contribution is 2.42. The third-order valence-electron chi connectivity index (χ3n) is 4.96. The second kappa shape index (κ2) is 6.77. The van der Waals surface area contributed by atoms with Crippen LogP contribution in [0.3, 0.4) is 0 Å². The number of rotatable bonds is 3. The molecule has 0 aliphatic carbocycles. The Bertz CT molecular complexity index is 1060. The number of halogens is 3. The van der Waals surface area contributed by atoms with Crippen LogP contribution in [0.2, 0.25) is 0 Å². The highest BCUT2D eigenvalue weighted by Gasteiger charge is 2.46. The molecule has 2 N–H and O–H groups in total. The monoisotopic (exact) mass is 408 g/mol. The summed E-state index contributed by atoms with van der Waals surface area (Å²) >= 11 is 5.41. The summed E-state index contributed by atoms with van der Waals surface area (Å²) in [6.45, 7) is 3.75. The van der Waals surface area contributed by atoms with Crippen LogP contribution in [0.1, 0.15) is 31.9 Å². The number of fused-ring (bicyclic) bond motifs is 1.